The van der Waals surface area contributed by atoms with Crippen molar-refractivity contribution >= 4 is 5.91 Å². The van der Waals surface area contributed by atoms with Crippen LogP contribution in [0.1, 0.15) is 17.5 Å². The van der Waals surface area contributed by atoms with E-state index in [1.165, 1.54) is 22.4 Å². The third-order valence-corrected chi connectivity index (χ3v) is 4.04. The lowest BCUT2D eigenvalue weighted by Gasteiger charge is -2.16. The molecule has 1 heterocycles. The topological polar surface area (TPSA) is 70.0 Å². The summed E-state index contributed by atoms with van der Waals surface area (Å²) in [4.78, 5) is 13.4. The van der Waals surface area contributed by atoms with E-state index >= 15 is 0 Å². The number of β-amino-alcohol motifs (C(OH)–C–C–N with tert-alkyl or cyclic N) is 2. The van der Waals surface area contributed by atoms with Crippen molar-refractivity contribution in [2.45, 2.75) is 31.5 Å². The predicted octanol–water partition coefficient (Wildman–Crippen LogP) is 0.118. The maximum Gasteiger partial charge on any atom is 0.260 e. The fourth-order valence-corrected chi connectivity index (χ4v) is 2.85. The molecule has 0 radical (unpaired) electrons. The minimum Gasteiger partial charge on any atom is -0.484 e. The van der Waals surface area contributed by atoms with Gasteiger partial charge in [-0.3, -0.25) is 4.79 Å². The summed E-state index contributed by atoms with van der Waals surface area (Å²) in [6.07, 6.45) is 1.68. The SMILES string of the molecule is O=C(COc1ccc2c(c1)CCC2)N1C[C@@H](O)[C@@H](O)C1. The molecular formula is C15H19NO4. The fraction of sp³-hybridized carbons (Fsp3) is 0.533. The Hall–Kier alpha value is -1.59. The van der Waals surface area contributed by atoms with Gasteiger partial charge in [0.2, 0.25) is 0 Å². The van der Waals surface area contributed by atoms with Crippen molar-refractivity contribution in [3.63, 3.8) is 0 Å². The minimum atomic E-state index is -0.848. The molecule has 5 nitrogen and oxygen atoms in total. The first-order chi connectivity index (χ1) is 9.63. The molecule has 1 amide bonds. The van der Waals surface area contributed by atoms with Gasteiger partial charge in [-0.1, -0.05) is 6.07 Å². The number of ether oxygens (including phenoxy) is 1. The molecule has 0 spiro atoms. The van der Waals surface area contributed by atoms with Gasteiger partial charge in [0.25, 0.3) is 5.91 Å². The maximum absolute atomic E-state index is 11.9. The Kier molecular flexibility index (Phi) is 3.63. The number of benzene rings is 1. The number of likely N-dealkylation sites (tertiary alicyclic amines) is 1. The first-order valence-corrected chi connectivity index (χ1v) is 7.02. The Bertz CT molecular complexity index is 507. The summed E-state index contributed by atoms with van der Waals surface area (Å²) in [7, 11) is 0. The zero-order valence-electron chi connectivity index (χ0n) is 11.3. The van der Waals surface area contributed by atoms with Gasteiger partial charge in [0.15, 0.2) is 6.61 Å². The van der Waals surface area contributed by atoms with E-state index in [0.717, 1.165) is 12.8 Å². The minimum absolute atomic E-state index is 0.0573. The first kappa shape index (κ1) is 13.4. The Morgan fingerprint density at radius 3 is 2.65 bits per heavy atom. The predicted molar refractivity (Wildman–Crippen MR) is 72.6 cm³/mol. The molecule has 108 valence electrons. The van der Waals surface area contributed by atoms with Gasteiger partial charge in [-0.15, -0.1) is 0 Å². The number of amides is 1. The number of carbonyl (C=O) groups is 1. The quantitative estimate of drug-likeness (QED) is 0.823. The van der Waals surface area contributed by atoms with Crippen LogP contribution in [0.2, 0.25) is 0 Å². The van der Waals surface area contributed by atoms with Crippen molar-refractivity contribution in [3.8, 4) is 5.75 Å². The largest absolute Gasteiger partial charge is 0.484 e. The van der Waals surface area contributed by atoms with Gasteiger partial charge in [0.1, 0.15) is 5.75 Å². The van der Waals surface area contributed by atoms with E-state index in [-0.39, 0.29) is 25.6 Å². The zero-order valence-corrected chi connectivity index (χ0v) is 11.3. The number of fused-ring (bicyclic) bond motifs is 1. The van der Waals surface area contributed by atoms with E-state index in [2.05, 4.69) is 6.07 Å². The molecule has 1 aliphatic carbocycles. The van der Waals surface area contributed by atoms with Gasteiger partial charge in [-0.05, 0) is 42.5 Å². The average molecular weight is 277 g/mol. The van der Waals surface area contributed by atoms with Gasteiger partial charge < -0.3 is 19.8 Å². The second kappa shape index (κ2) is 5.42. The smallest absolute Gasteiger partial charge is 0.260 e. The molecule has 2 aliphatic rings. The van der Waals surface area contributed by atoms with E-state index in [1.807, 2.05) is 12.1 Å². The Morgan fingerprint density at radius 2 is 1.90 bits per heavy atom. The number of hydrogen-bond acceptors (Lipinski definition) is 4. The normalized spacial score (nSPS) is 24.8. The first-order valence-electron chi connectivity index (χ1n) is 7.02. The van der Waals surface area contributed by atoms with Crippen LogP contribution in [-0.2, 0) is 17.6 Å². The van der Waals surface area contributed by atoms with Crippen LogP contribution in [0.25, 0.3) is 0 Å². The molecule has 2 atom stereocenters. The van der Waals surface area contributed by atoms with E-state index in [9.17, 15) is 15.0 Å². The van der Waals surface area contributed by atoms with Crippen LogP contribution in [0.4, 0.5) is 0 Å². The molecule has 1 aliphatic heterocycles. The molecular weight excluding hydrogens is 258 g/mol. The van der Waals surface area contributed by atoms with Gasteiger partial charge >= 0.3 is 0 Å². The maximum atomic E-state index is 11.9. The van der Waals surface area contributed by atoms with Crippen molar-refractivity contribution in [1.29, 1.82) is 0 Å². The van der Waals surface area contributed by atoms with Crippen LogP contribution in [0.15, 0.2) is 18.2 Å². The highest BCUT2D eigenvalue weighted by Gasteiger charge is 2.32. The molecule has 2 N–H and O–H groups in total. The Balaban J connectivity index is 1.56. The lowest BCUT2D eigenvalue weighted by molar-refractivity contribution is -0.132. The van der Waals surface area contributed by atoms with Crippen molar-refractivity contribution in [2.75, 3.05) is 19.7 Å². The third-order valence-electron chi connectivity index (χ3n) is 4.04. The highest BCUT2D eigenvalue weighted by atomic mass is 16.5. The van der Waals surface area contributed by atoms with E-state index < -0.39 is 12.2 Å². The third kappa shape index (κ3) is 2.64. The number of aryl methyl sites for hydroxylation is 2. The highest BCUT2D eigenvalue weighted by Crippen LogP contribution is 2.26. The Morgan fingerprint density at radius 1 is 1.20 bits per heavy atom. The van der Waals surface area contributed by atoms with Crippen LogP contribution < -0.4 is 4.74 Å². The molecule has 0 unspecified atom stereocenters. The monoisotopic (exact) mass is 277 g/mol. The molecule has 0 bridgehead atoms. The number of nitrogens with zero attached hydrogens (tertiary/aromatic N) is 1. The summed E-state index contributed by atoms with van der Waals surface area (Å²) in [5, 5.41) is 18.8. The molecule has 1 saturated heterocycles. The Labute approximate surface area is 117 Å². The van der Waals surface area contributed by atoms with E-state index in [4.69, 9.17) is 4.74 Å². The standard InChI is InChI=1S/C15H19NO4/c17-13-7-16(8-14(13)18)15(19)9-20-12-5-4-10-2-1-3-11(10)6-12/h4-6,13-14,17-18H,1-3,7-9H2/t13-,14+. The summed E-state index contributed by atoms with van der Waals surface area (Å²) in [6, 6.07) is 5.96. The van der Waals surface area contributed by atoms with Crippen LogP contribution in [0.3, 0.4) is 0 Å². The van der Waals surface area contributed by atoms with Crippen molar-refractivity contribution in [1.82, 2.24) is 4.90 Å². The number of aliphatic hydroxyl groups is 2. The van der Waals surface area contributed by atoms with Crippen LogP contribution in [0, 0.1) is 0 Å². The van der Waals surface area contributed by atoms with Gasteiger partial charge in [0, 0.05) is 13.1 Å². The average Bonchev–Trinajstić information content (AvgIpc) is 3.03. The molecule has 3 rings (SSSR count). The summed E-state index contributed by atoms with van der Waals surface area (Å²) in [5.41, 5.74) is 2.68. The van der Waals surface area contributed by atoms with Crippen LogP contribution in [0.5, 0.6) is 5.75 Å². The summed E-state index contributed by atoms with van der Waals surface area (Å²) in [5.74, 6) is 0.500. The van der Waals surface area contributed by atoms with Gasteiger partial charge in [-0.25, -0.2) is 0 Å². The summed E-state index contributed by atoms with van der Waals surface area (Å²) >= 11 is 0. The van der Waals surface area contributed by atoms with E-state index in [0.29, 0.717) is 5.75 Å². The van der Waals surface area contributed by atoms with Crippen molar-refractivity contribution < 1.29 is 19.7 Å². The number of aliphatic hydroxyl groups excluding tert-OH is 2. The highest BCUT2D eigenvalue weighted by molar-refractivity contribution is 5.78. The zero-order chi connectivity index (χ0) is 14.1. The molecule has 0 saturated carbocycles. The van der Waals surface area contributed by atoms with E-state index in [1.54, 1.807) is 0 Å². The molecule has 1 fully saturated rings. The summed E-state index contributed by atoms with van der Waals surface area (Å²) < 4.78 is 5.52. The lowest BCUT2D eigenvalue weighted by Crippen LogP contribution is -2.33. The van der Waals surface area contributed by atoms with Crippen molar-refractivity contribution in [3.05, 3.63) is 29.3 Å². The van der Waals surface area contributed by atoms with Crippen LogP contribution >= 0.6 is 0 Å². The van der Waals surface area contributed by atoms with Gasteiger partial charge in [-0.2, -0.15) is 0 Å². The number of hydrogen-bond donors (Lipinski definition) is 2. The molecule has 5 heteroatoms. The van der Waals surface area contributed by atoms with Gasteiger partial charge in [0.05, 0.1) is 12.2 Å². The molecule has 0 aromatic heterocycles. The molecule has 20 heavy (non-hydrogen) atoms. The number of rotatable bonds is 3. The second-order valence-corrected chi connectivity index (χ2v) is 5.51. The number of carbonyl (C=O) groups excluding carboxylic acids is 1. The molecule has 1 aromatic rings. The summed E-state index contributed by atoms with van der Waals surface area (Å²) in [6.45, 7) is 0.291. The fourth-order valence-electron chi connectivity index (χ4n) is 2.85. The lowest BCUT2D eigenvalue weighted by atomic mass is 10.1. The second-order valence-electron chi connectivity index (χ2n) is 5.51. The van der Waals surface area contributed by atoms with Crippen molar-refractivity contribution in [2.24, 2.45) is 0 Å². The molecule has 1 aromatic carbocycles. The van der Waals surface area contributed by atoms with Crippen LogP contribution in [-0.4, -0.2) is 52.9 Å².